The summed E-state index contributed by atoms with van der Waals surface area (Å²) in [5.74, 6) is -0.442. The van der Waals surface area contributed by atoms with E-state index < -0.39 is 15.9 Å². The number of halogens is 1. The number of carbonyl (C=O) groups is 1. The highest BCUT2D eigenvalue weighted by molar-refractivity contribution is 7.89. The van der Waals surface area contributed by atoms with Gasteiger partial charge in [0.05, 0.1) is 16.2 Å². The van der Waals surface area contributed by atoms with Gasteiger partial charge in [-0.3, -0.25) is 9.48 Å². The van der Waals surface area contributed by atoms with Crippen LogP contribution in [0.3, 0.4) is 0 Å². The van der Waals surface area contributed by atoms with Crippen molar-refractivity contribution in [1.29, 1.82) is 0 Å². The lowest BCUT2D eigenvalue weighted by Crippen LogP contribution is -2.23. The van der Waals surface area contributed by atoms with E-state index in [1.807, 2.05) is 0 Å². The fourth-order valence-electron chi connectivity index (χ4n) is 2.23. The average molecular weight is 371 g/mol. The van der Waals surface area contributed by atoms with Gasteiger partial charge in [0, 0.05) is 26.8 Å². The van der Waals surface area contributed by atoms with Gasteiger partial charge >= 0.3 is 0 Å². The summed E-state index contributed by atoms with van der Waals surface area (Å²) in [6.07, 6.45) is 0. The zero-order valence-corrected chi connectivity index (χ0v) is 15.7. The van der Waals surface area contributed by atoms with E-state index in [4.69, 9.17) is 11.6 Å². The Labute approximate surface area is 146 Å². The largest absolute Gasteiger partial charge is 0.322 e. The van der Waals surface area contributed by atoms with Crippen LogP contribution in [0.25, 0.3) is 0 Å². The van der Waals surface area contributed by atoms with Crippen molar-refractivity contribution in [2.75, 3.05) is 19.4 Å². The Bertz CT molecular complexity index is 904. The number of carbonyl (C=O) groups excluding carboxylic acids is 1. The molecule has 0 aliphatic carbocycles. The van der Waals surface area contributed by atoms with Crippen LogP contribution >= 0.6 is 11.6 Å². The maximum atomic E-state index is 12.4. The van der Waals surface area contributed by atoms with Crippen molar-refractivity contribution >= 4 is 33.2 Å². The maximum absolute atomic E-state index is 12.4. The molecule has 0 unspecified atom stereocenters. The highest BCUT2D eigenvalue weighted by Gasteiger charge is 2.22. The van der Waals surface area contributed by atoms with Gasteiger partial charge in [0.15, 0.2) is 0 Å². The molecule has 1 N–H and O–H groups in total. The van der Waals surface area contributed by atoms with Crippen molar-refractivity contribution in [2.45, 2.75) is 18.7 Å². The number of sulfonamides is 1. The minimum Gasteiger partial charge on any atom is -0.322 e. The zero-order valence-electron chi connectivity index (χ0n) is 14.1. The molecule has 1 heterocycles. The van der Waals surface area contributed by atoms with E-state index in [1.165, 1.54) is 24.8 Å². The zero-order chi connectivity index (χ0) is 18.2. The molecule has 0 saturated carbocycles. The molecule has 0 radical (unpaired) electrons. The predicted molar refractivity (Wildman–Crippen MR) is 93.0 cm³/mol. The molecule has 9 heteroatoms. The Balaban J connectivity index is 2.40. The highest BCUT2D eigenvalue weighted by atomic mass is 35.5. The molecular weight excluding hydrogens is 352 g/mol. The van der Waals surface area contributed by atoms with Crippen molar-refractivity contribution in [3.05, 3.63) is 40.2 Å². The first kappa shape index (κ1) is 18.4. The normalized spacial score (nSPS) is 11.8. The maximum Gasteiger partial charge on any atom is 0.260 e. The second-order valence-electron chi connectivity index (χ2n) is 5.60. The second kappa shape index (κ2) is 6.54. The summed E-state index contributed by atoms with van der Waals surface area (Å²) in [6.45, 7) is 3.38. The number of hydrogen-bond acceptors (Lipinski definition) is 4. The fourth-order valence-corrected chi connectivity index (χ4v) is 3.64. The number of anilines is 1. The van der Waals surface area contributed by atoms with Crippen LogP contribution in [0.4, 0.5) is 5.69 Å². The monoisotopic (exact) mass is 370 g/mol. The molecule has 0 spiro atoms. The third-order valence-corrected chi connectivity index (χ3v) is 5.97. The van der Waals surface area contributed by atoms with Crippen molar-refractivity contribution < 1.29 is 13.2 Å². The van der Waals surface area contributed by atoms with Crippen LogP contribution in [0, 0.1) is 13.8 Å². The summed E-state index contributed by atoms with van der Waals surface area (Å²) in [4.78, 5) is 12.6. The molecule has 130 valence electrons. The average Bonchev–Trinajstić information content (AvgIpc) is 2.73. The van der Waals surface area contributed by atoms with Gasteiger partial charge in [0.2, 0.25) is 10.0 Å². The molecule has 2 rings (SSSR count). The summed E-state index contributed by atoms with van der Waals surface area (Å²) in [5.41, 5.74) is 1.72. The molecule has 1 aromatic carbocycles. The Morgan fingerprint density at radius 1 is 1.29 bits per heavy atom. The number of benzene rings is 1. The summed E-state index contributed by atoms with van der Waals surface area (Å²) < 4.78 is 27.2. The molecule has 0 aliphatic rings. The van der Waals surface area contributed by atoms with Crippen LogP contribution in [0.2, 0.25) is 5.15 Å². The van der Waals surface area contributed by atoms with Crippen LogP contribution in [0.1, 0.15) is 21.6 Å². The number of nitrogens with zero attached hydrogens (tertiary/aromatic N) is 3. The lowest BCUT2D eigenvalue weighted by Gasteiger charge is -2.15. The van der Waals surface area contributed by atoms with Gasteiger partial charge in [-0.2, -0.15) is 5.10 Å². The molecule has 24 heavy (non-hydrogen) atoms. The molecule has 2 aromatic rings. The topological polar surface area (TPSA) is 84.3 Å². The Morgan fingerprint density at radius 3 is 2.42 bits per heavy atom. The van der Waals surface area contributed by atoms with Crippen LogP contribution in [0.15, 0.2) is 23.1 Å². The molecule has 0 saturated heterocycles. The second-order valence-corrected chi connectivity index (χ2v) is 8.07. The first-order chi connectivity index (χ1) is 11.1. The summed E-state index contributed by atoms with van der Waals surface area (Å²) in [6, 6.07) is 4.72. The van der Waals surface area contributed by atoms with E-state index in [2.05, 4.69) is 10.4 Å². The smallest absolute Gasteiger partial charge is 0.260 e. The van der Waals surface area contributed by atoms with E-state index in [9.17, 15) is 13.2 Å². The Morgan fingerprint density at radius 2 is 1.92 bits per heavy atom. The number of aromatic nitrogens is 2. The molecule has 1 aromatic heterocycles. The number of rotatable bonds is 4. The van der Waals surface area contributed by atoms with Gasteiger partial charge in [-0.25, -0.2) is 12.7 Å². The number of nitrogens with one attached hydrogen (secondary N) is 1. The quantitative estimate of drug-likeness (QED) is 0.894. The van der Waals surface area contributed by atoms with Crippen LogP contribution < -0.4 is 5.32 Å². The third kappa shape index (κ3) is 3.31. The van der Waals surface area contributed by atoms with Crippen molar-refractivity contribution in [3.63, 3.8) is 0 Å². The third-order valence-electron chi connectivity index (χ3n) is 3.58. The van der Waals surface area contributed by atoms with Gasteiger partial charge in [0.1, 0.15) is 5.15 Å². The van der Waals surface area contributed by atoms with E-state index >= 15 is 0 Å². The van der Waals surface area contributed by atoms with Crippen molar-refractivity contribution in [2.24, 2.45) is 7.05 Å². The Hall–Kier alpha value is -1.90. The lowest BCUT2D eigenvalue weighted by molar-refractivity contribution is 0.102. The lowest BCUT2D eigenvalue weighted by atomic mass is 10.2. The molecule has 1 amide bonds. The standard InChI is InChI=1S/C15H19ClN4O3S/c1-9-6-7-11(8-12(9)24(22,23)19(3)4)17-15(21)13-10(2)18-20(5)14(13)16/h6-8H,1-5H3,(H,17,21). The van der Waals surface area contributed by atoms with E-state index in [0.29, 0.717) is 16.9 Å². The van der Waals surface area contributed by atoms with Gasteiger partial charge in [-0.1, -0.05) is 17.7 Å². The van der Waals surface area contributed by atoms with Crippen LogP contribution in [-0.2, 0) is 17.1 Å². The predicted octanol–water partition coefficient (Wildman–Crippen LogP) is 2.19. The molecule has 0 atom stereocenters. The summed E-state index contributed by atoms with van der Waals surface area (Å²) >= 11 is 6.08. The van der Waals surface area contributed by atoms with Crippen LogP contribution in [-0.4, -0.2) is 42.5 Å². The highest BCUT2D eigenvalue weighted by Crippen LogP contribution is 2.24. The first-order valence-electron chi connectivity index (χ1n) is 7.09. The number of hydrogen-bond donors (Lipinski definition) is 1. The Kier molecular flexibility index (Phi) is 5.03. The van der Waals surface area contributed by atoms with E-state index in [1.54, 1.807) is 33.0 Å². The number of aryl methyl sites for hydroxylation is 3. The first-order valence-corrected chi connectivity index (χ1v) is 8.91. The van der Waals surface area contributed by atoms with E-state index in [0.717, 1.165) is 4.31 Å². The van der Waals surface area contributed by atoms with E-state index in [-0.39, 0.29) is 15.6 Å². The molecule has 0 bridgehead atoms. The molecule has 0 fully saturated rings. The van der Waals surface area contributed by atoms with Gasteiger partial charge in [0.25, 0.3) is 5.91 Å². The van der Waals surface area contributed by atoms with Crippen molar-refractivity contribution in [1.82, 2.24) is 14.1 Å². The number of amides is 1. The molecule has 7 nitrogen and oxygen atoms in total. The van der Waals surface area contributed by atoms with Gasteiger partial charge < -0.3 is 5.32 Å². The van der Waals surface area contributed by atoms with Gasteiger partial charge in [-0.15, -0.1) is 0 Å². The molecular formula is C15H19ClN4O3S. The SMILES string of the molecule is Cc1ccc(NC(=O)c2c(C)nn(C)c2Cl)cc1S(=O)(=O)N(C)C. The molecule has 0 aliphatic heterocycles. The minimum absolute atomic E-state index is 0.138. The fraction of sp³-hybridized carbons (Fsp3) is 0.333. The van der Waals surface area contributed by atoms with Crippen molar-refractivity contribution in [3.8, 4) is 0 Å². The van der Waals surface area contributed by atoms with Crippen LogP contribution in [0.5, 0.6) is 0 Å². The van der Waals surface area contributed by atoms with Gasteiger partial charge in [-0.05, 0) is 31.5 Å². The minimum atomic E-state index is -3.60. The summed E-state index contributed by atoms with van der Waals surface area (Å²) in [7, 11) is 0.950. The summed E-state index contributed by atoms with van der Waals surface area (Å²) in [5, 5.41) is 6.98.